The highest BCUT2D eigenvalue weighted by Gasteiger charge is 2.22. The zero-order chi connectivity index (χ0) is 9.02. The number of aliphatic hydroxyl groups excluding tert-OH is 1. The lowest BCUT2D eigenvalue weighted by atomic mass is 10.1. The van der Waals surface area contributed by atoms with Crippen LogP contribution in [0.2, 0.25) is 0 Å². The molecule has 4 nitrogen and oxygen atoms in total. The molecule has 0 spiro atoms. The zero-order valence-corrected chi connectivity index (χ0v) is 7.46. The molecule has 2 N–H and O–H groups in total. The number of nitrogens with zero attached hydrogens (tertiary/aromatic N) is 1. The maximum atomic E-state index is 11.2. The van der Waals surface area contributed by atoms with E-state index in [4.69, 9.17) is 5.11 Å². The van der Waals surface area contributed by atoms with Crippen molar-refractivity contribution in [1.29, 1.82) is 0 Å². The Labute approximate surface area is 67.2 Å². The lowest BCUT2D eigenvalue weighted by Gasteiger charge is -2.21. The van der Waals surface area contributed by atoms with Gasteiger partial charge in [-0.1, -0.05) is 0 Å². The van der Waals surface area contributed by atoms with Crippen LogP contribution in [-0.2, 0) is 4.79 Å². The van der Waals surface area contributed by atoms with Gasteiger partial charge in [-0.25, -0.2) is 0 Å². The number of hydrogen-bond donors (Lipinski definition) is 2. The summed E-state index contributed by atoms with van der Waals surface area (Å²) >= 11 is 0. The van der Waals surface area contributed by atoms with E-state index in [-0.39, 0.29) is 5.91 Å². The summed E-state index contributed by atoms with van der Waals surface area (Å²) in [6.45, 7) is 1.59. The van der Waals surface area contributed by atoms with E-state index < -0.39 is 12.1 Å². The molecule has 0 fully saturated rings. The van der Waals surface area contributed by atoms with Gasteiger partial charge in [0.2, 0.25) is 5.91 Å². The molecule has 0 bridgehead atoms. The van der Waals surface area contributed by atoms with Gasteiger partial charge in [0.05, 0.1) is 6.10 Å². The fraction of sp³-hybridized carbons (Fsp3) is 0.857. The Morgan fingerprint density at radius 1 is 1.55 bits per heavy atom. The van der Waals surface area contributed by atoms with Crippen molar-refractivity contribution in [3.8, 4) is 0 Å². The van der Waals surface area contributed by atoms with Gasteiger partial charge in [0.15, 0.2) is 0 Å². The molecule has 0 radical (unpaired) electrons. The molecule has 0 aromatic rings. The zero-order valence-electron chi connectivity index (χ0n) is 7.46. The highest BCUT2D eigenvalue weighted by Crippen LogP contribution is 1.95. The van der Waals surface area contributed by atoms with Gasteiger partial charge in [0, 0.05) is 14.1 Å². The van der Waals surface area contributed by atoms with Gasteiger partial charge in [0.25, 0.3) is 0 Å². The topological polar surface area (TPSA) is 52.6 Å². The summed E-state index contributed by atoms with van der Waals surface area (Å²) in [5.41, 5.74) is 0. The Morgan fingerprint density at radius 3 is 2.09 bits per heavy atom. The van der Waals surface area contributed by atoms with Crippen LogP contribution in [0.4, 0.5) is 0 Å². The number of rotatable bonds is 3. The lowest BCUT2D eigenvalue weighted by molar-refractivity contribution is -0.133. The maximum absolute atomic E-state index is 11.2. The summed E-state index contributed by atoms with van der Waals surface area (Å²) in [5, 5.41) is 11.9. The third kappa shape index (κ3) is 2.86. The Balaban J connectivity index is 4.15. The highest BCUT2D eigenvalue weighted by molar-refractivity contribution is 5.81. The predicted molar refractivity (Wildman–Crippen MR) is 43.2 cm³/mol. The molecular formula is C7H16N2O2. The van der Waals surface area contributed by atoms with Crippen molar-refractivity contribution in [1.82, 2.24) is 10.2 Å². The molecule has 0 saturated carbocycles. The molecule has 0 aromatic carbocycles. The standard InChI is InChI=1S/C7H16N2O2/c1-5(10)6(8-2)7(11)9(3)4/h5-6,8,10H,1-4H3/t5-,6+/m1/s1. The molecule has 11 heavy (non-hydrogen) atoms. The van der Waals surface area contributed by atoms with Crippen LogP contribution >= 0.6 is 0 Å². The highest BCUT2D eigenvalue weighted by atomic mass is 16.3. The molecule has 0 unspecified atom stereocenters. The molecule has 0 aromatic heterocycles. The average molecular weight is 160 g/mol. The predicted octanol–water partition coefficient (Wildman–Crippen LogP) is -0.957. The Kier molecular flexibility index (Phi) is 4.07. The van der Waals surface area contributed by atoms with Gasteiger partial charge < -0.3 is 15.3 Å². The molecule has 0 aliphatic carbocycles. The van der Waals surface area contributed by atoms with Crippen LogP contribution in [-0.4, -0.2) is 49.2 Å². The number of nitrogens with one attached hydrogen (secondary N) is 1. The summed E-state index contributed by atoms with van der Waals surface area (Å²) < 4.78 is 0. The largest absolute Gasteiger partial charge is 0.391 e. The maximum Gasteiger partial charge on any atom is 0.241 e. The van der Waals surface area contributed by atoms with Crippen molar-refractivity contribution in [2.75, 3.05) is 21.1 Å². The van der Waals surface area contributed by atoms with Crippen LogP contribution in [0.3, 0.4) is 0 Å². The summed E-state index contributed by atoms with van der Waals surface area (Å²) in [4.78, 5) is 12.7. The molecule has 4 heteroatoms. The first-order valence-corrected chi connectivity index (χ1v) is 3.57. The van der Waals surface area contributed by atoms with Crippen molar-refractivity contribution in [3.63, 3.8) is 0 Å². The average Bonchev–Trinajstić information content (AvgIpc) is 1.88. The Morgan fingerprint density at radius 2 is 2.00 bits per heavy atom. The second kappa shape index (κ2) is 4.31. The van der Waals surface area contributed by atoms with Crippen molar-refractivity contribution in [3.05, 3.63) is 0 Å². The number of hydrogen-bond acceptors (Lipinski definition) is 3. The molecule has 2 atom stereocenters. The van der Waals surface area contributed by atoms with Gasteiger partial charge in [-0.3, -0.25) is 4.79 Å². The van der Waals surface area contributed by atoms with Crippen LogP contribution < -0.4 is 5.32 Å². The van der Waals surface area contributed by atoms with Gasteiger partial charge in [-0.05, 0) is 14.0 Å². The number of likely N-dealkylation sites (N-methyl/N-ethyl adjacent to an activating group) is 2. The van der Waals surface area contributed by atoms with Crippen LogP contribution in [0.5, 0.6) is 0 Å². The number of carbonyl (C=O) groups excluding carboxylic acids is 1. The van der Waals surface area contributed by atoms with E-state index in [0.717, 1.165) is 0 Å². The minimum absolute atomic E-state index is 0.109. The van der Waals surface area contributed by atoms with E-state index in [1.165, 1.54) is 4.90 Å². The third-order valence-corrected chi connectivity index (χ3v) is 1.50. The van der Waals surface area contributed by atoms with Crippen molar-refractivity contribution >= 4 is 5.91 Å². The normalized spacial score (nSPS) is 15.7. The van der Waals surface area contributed by atoms with E-state index >= 15 is 0 Å². The van der Waals surface area contributed by atoms with Gasteiger partial charge in [0.1, 0.15) is 6.04 Å². The van der Waals surface area contributed by atoms with E-state index in [1.807, 2.05) is 0 Å². The number of amides is 1. The lowest BCUT2D eigenvalue weighted by Crippen LogP contribution is -2.48. The number of carbonyl (C=O) groups is 1. The van der Waals surface area contributed by atoms with E-state index in [2.05, 4.69) is 5.32 Å². The molecule has 0 saturated heterocycles. The van der Waals surface area contributed by atoms with Gasteiger partial charge >= 0.3 is 0 Å². The Bertz CT molecular complexity index is 134. The molecule has 0 heterocycles. The molecular weight excluding hydrogens is 144 g/mol. The summed E-state index contributed by atoms with van der Waals surface area (Å²) in [7, 11) is 4.98. The first kappa shape index (κ1) is 10.4. The smallest absolute Gasteiger partial charge is 0.241 e. The van der Waals surface area contributed by atoms with Gasteiger partial charge in [-0.2, -0.15) is 0 Å². The van der Waals surface area contributed by atoms with Crippen molar-refractivity contribution < 1.29 is 9.90 Å². The Hall–Kier alpha value is -0.610. The summed E-state index contributed by atoms with van der Waals surface area (Å²) in [5.74, 6) is -0.109. The van der Waals surface area contributed by atoms with E-state index in [1.54, 1.807) is 28.1 Å². The monoisotopic (exact) mass is 160 g/mol. The molecule has 0 aliphatic heterocycles. The minimum Gasteiger partial charge on any atom is -0.391 e. The van der Waals surface area contributed by atoms with Crippen molar-refractivity contribution in [2.45, 2.75) is 19.1 Å². The van der Waals surface area contributed by atoms with Crippen LogP contribution in [0.25, 0.3) is 0 Å². The minimum atomic E-state index is -0.658. The molecule has 66 valence electrons. The van der Waals surface area contributed by atoms with Gasteiger partial charge in [-0.15, -0.1) is 0 Å². The first-order valence-electron chi connectivity index (χ1n) is 3.57. The van der Waals surface area contributed by atoms with E-state index in [0.29, 0.717) is 0 Å². The summed E-state index contributed by atoms with van der Waals surface area (Å²) in [6, 6.07) is -0.495. The fourth-order valence-corrected chi connectivity index (χ4v) is 0.849. The fourth-order valence-electron chi connectivity index (χ4n) is 0.849. The molecule has 0 aliphatic rings. The SMILES string of the molecule is CN[C@H](C(=O)N(C)C)[C@@H](C)O. The van der Waals surface area contributed by atoms with Crippen LogP contribution in [0.15, 0.2) is 0 Å². The third-order valence-electron chi connectivity index (χ3n) is 1.50. The van der Waals surface area contributed by atoms with Crippen LogP contribution in [0.1, 0.15) is 6.92 Å². The van der Waals surface area contributed by atoms with Crippen LogP contribution in [0, 0.1) is 0 Å². The second-order valence-electron chi connectivity index (χ2n) is 2.74. The first-order chi connectivity index (χ1) is 5.00. The second-order valence-corrected chi connectivity index (χ2v) is 2.74. The van der Waals surface area contributed by atoms with E-state index in [9.17, 15) is 4.79 Å². The quantitative estimate of drug-likeness (QED) is 0.559. The molecule has 0 rings (SSSR count). The van der Waals surface area contributed by atoms with Crippen molar-refractivity contribution in [2.24, 2.45) is 0 Å². The summed E-state index contributed by atoms with van der Waals surface area (Å²) in [6.07, 6.45) is -0.658. The number of aliphatic hydroxyl groups is 1. The molecule has 1 amide bonds.